The lowest BCUT2D eigenvalue weighted by Gasteiger charge is -1.89. The van der Waals surface area contributed by atoms with Gasteiger partial charge in [0.25, 0.3) is 0 Å². The molecule has 0 spiro atoms. The van der Waals surface area contributed by atoms with Crippen LogP contribution in [0.15, 0.2) is 42.2 Å². The molecule has 0 amide bonds. The third-order valence-electron chi connectivity index (χ3n) is 1.64. The number of hydrogen-bond donors (Lipinski definition) is 0. The molecule has 0 saturated carbocycles. The number of allylic oxidation sites excluding steroid dienone is 5. The van der Waals surface area contributed by atoms with E-state index in [1.54, 1.807) is 0 Å². The highest BCUT2D eigenvalue weighted by atomic mass is 13.9. The van der Waals surface area contributed by atoms with Crippen molar-refractivity contribution in [3.63, 3.8) is 0 Å². The van der Waals surface area contributed by atoms with Crippen LogP contribution in [0.25, 0.3) is 0 Å². The molecule has 0 unspecified atom stereocenters. The average Bonchev–Trinajstić information content (AvgIpc) is 2.08. The lowest BCUT2D eigenvalue weighted by molar-refractivity contribution is 0.763. The Morgan fingerprint density at radius 2 is 1.82 bits per heavy atom. The summed E-state index contributed by atoms with van der Waals surface area (Å²) < 4.78 is 0. The summed E-state index contributed by atoms with van der Waals surface area (Å²) in [5.74, 6) is 0. The van der Waals surface area contributed by atoms with Crippen molar-refractivity contribution in [3.8, 4) is 0 Å². The zero-order valence-electron chi connectivity index (χ0n) is 6.79. The van der Waals surface area contributed by atoms with Crippen LogP contribution in [0.4, 0.5) is 0 Å². The zero-order valence-corrected chi connectivity index (χ0v) is 6.79. The SMILES string of the molecule is C1=C/C=C/C=C\CCCCC=1. The van der Waals surface area contributed by atoms with E-state index in [1.807, 2.05) is 18.2 Å². The van der Waals surface area contributed by atoms with Crippen molar-refractivity contribution in [3.05, 3.63) is 42.2 Å². The van der Waals surface area contributed by atoms with E-state index in [1.165, 1.54) is 19.3 Å². The standard InChI is InChI=1S/C11H14/c1-2-4-6-8-10-11-9-7-5-3-1/h1-5,9H,6,8,10-11H2/b3-1+,4-2-. The van der Waals surface area contributed by atoms with Crippen LogP contribution in [0.3, 0.4) is 0 Å². The van der Waals surface area contributed by atoms with E-state index in [4.69, 9.17) is 0 Å². The van der Waals surface area contributed by atoms with Crippen LogP contribution in [0.2, 0.25) is 0 Å². The molecule has 0 N–H and O–H groups in total. The van der Waals surface area contributed by atoms with Crippen molar-refractivity contribution < 1.29 is 0 Å². The molecule has 0 aromatic heterocycles. The summed E-state index contributed by atoms with van der Waals surface area (Å²) in [6, 6.07) is 0. The minimum atomic E-state index is 1.16. The first-order valence-corrected chi connectivity index (χ1v) is 4.23. The first-order valence-electron chi connectivity index (χ1n) is 4.23. The van der Waals surface area contributed by atoms with Gasteiger partial charge >= 0.3 is 0 Å². The van der Waals surface area contributed by atoms with E-state index in [0.717, 1.165) is 6.42 Å². The van der Waals surface area contributed by atoms with Gasteiger partial charge in [-0.05, 0) is 37.8 Å². The molecule has 58 valence electrons. The van der Waals surface area contributed by atoms with Crippen LogP contribution < -0.4 is 0 Å². The second-order valence-electron chi connectivity index (χ2n) is 2.63. The van der Waals surface area contributed by atoms with Gasteiger partial charge in [-0.15, -0.1) is 5.73 Å². The molecule has 0 aliphatic heterocycles. The molecule has 1 aliphatic rings. The Morgan fingerprint density at radius 3 is 2.82 bits per heavy atom. The predicted molar refractivity (Wildman–Crippen MR) is 49.4 cm³/mol. The summed E-state index contributed by atoms with van der Waals surface area (Å²) in [5, 5.41) is 0. The molecule has 0 fully saturated rings. The summed E-state index contributed by atoms with van der Waals surface area (Å²) in [5.41, 5.74) is 3.11. The lowest BCUT2D eigenvalue weighted by Crippen LogP contribution is -1.70. The highest BCUT2D eigenvalue weighted by Crippen LogP contribution is 2.01. The maximum atomic E-state index is 3.11. The van der Waals surface area contributed by atoms with Crippen LogP contribution >= 0.6 is 0 Å². The first-order chi connectivity index (χ1) is 5.50. The van der Waals surface area contributed by atoms with Gasteiger partial charge in [0.2, 0.25) is 0 Å². The summed E-state index contributed by atoms with van der Waals surface area (Å²) in [7, 11) is 0. The molecule has 0 saturated heterocycles. The van der Waals surface area contributed by atoms with Gasteiger partial charge in [0, 0.05) is 0 Å². The monoisotopic (exact) mass is 146 g/mol. The largest absolute Gasteiger partial charge is 0.125 e. The van der Waals surface area contributed by atoms with Gasteiger partial charge in [0.15, 0.2) is 0 Å². The van der Waals surface area contributed by atoms with Crippen LogP contribution in [-0.2, 0) is 0 Å². The summed E-state index contributed by atoms with van der Waals surface area (Å²) in [6.07, 6.45) is 17.4. The smallest absolute Gasteiger partial charge is 0.0203 e. The third-order valence-corrected chi connectivity index (χ3v) is 1.64. The fraction of sp³-hybridized carbons (Fsp3) is 0.364. The molecule has 0 aromatic carbocycles. The topological polar surface area (TPSA) is 0 Å². The van der Waals surface area contributed by atoms with Gasteiger partial charge < -0.3 is 0 Å². The minimum absolute atomic E-state index is 1.16. The van der Waals surface area contributed by atoms with Crippen molar-refractivity contribution in [2.75, 3.05) is 0 Å². The minimum Gasteiger partial charge on any atom is -0.125 e. The summed E-state index contributed by atoms with van der Waals surface area (Å²) in [6.45, 7) is 0. The molecule has 0 atom stereocenters. The Bertz CT molecular complexity index is 200. The van der Waals surface area contributed by atoms with E-state index >= 15 is 0 Å². The van der Waals surface area contributed by atoms with Gasteiger partial charge in [-0.25, -0.2) is 0 Å². The molecular formula is C11H14. The second kappa shape index (κ2) is 5.76. The molecule has 0 heteroatoms. The van der Waals surface area contributed by atoms with E-state index < -0.39 is 0 Å². The maximum absolute atomic E-state index is 3.11. The molecule has 0 bridgehead atoms. The molecule has 11 heavy (non-hydrogen) atoms. The Hall–Kier alpha value is -1.00. The fourth-order valence-electron chi connectivity index (χ4n) is 1.01. The number of hydrogen-bond acceptors (Lipinski definition) is 0. The van der Waals surface area contributed by atoms with E-state index in [-0.39, 0.29) is 0 Å². The quantitative estimate of drug-likeness (QED) is 0.459. The van der Waals surface area contributed by atoms with E-state index in [9.17, 15) is 0 Å². The van der Waals surface area contributed by atoms with Crippen LogP contribution in [0.1, 0.15) is 25.7 Å². The van der Waals surface area contributed by atoms with E-state index in [2.05, 4.69) is 24.0 Å². The van der Waals surface area contributed by atoms with Crippen LogP contribution in [0.5, 0.6) is 0 Å². The maximum Gasteiger partial charge on any atom is -0.0203 e. The highest BCUT2D eigenvalue weighted by molar-refractivity contribution is 5.11. The Kier molecular flexibility index (Phi) is 4.24. The van der Waals surface area contributed by atoms with E-state index in [0.29, 0.717) is 0 Å². The third kappa shape index (κ3) is 4.41. The van der Waals surface area contributed by atoms with Gasteiger partial charge in [-0.1, -0.05) is 24.3 Å². The van der Waals surface area contributed by atoms with Gasteiger partial charge in [-0.3, -0.25) is 0 Å². The molecule has 0 nitrogen and oxygen atoms in total. The van der Waals surface area contributed by atoms with Crippen molar-refractivity contribution >= 4 is 0 Å². The molecule has 1 rings (SSSR count). The van der Waals surface area contributed by atoms with Crippen molar-refractivity contribution in [2.45, 2.75) is 25.7 Å². The van der Waals surface area contributed by atoms with Crippen molar-refractivity contribution in [1.29, 1.82) is 0 Å². The zero-order chi connectivity index (χ0) is 7.78. The van der Waals surface area contributed by atoms with Gasteiger partial charge in [0.05, 0.1) is 0 Å². The van der Waals surface area contributed by atoms with Gasteiger partial charge in [0.1, 0.15) is 0 Å². The average molecular weight is 146 g/mol. The predicted octanol–water partition coefficient (Wildman–Crippen LogP) is 3.38. The normalized spacial score (nSPS) is 24.0. The molecule has 0 aromatic rings. The lowest BCUT2D eigenvalue weighted by atomic mass is 10.2. The number of rotatable bonds is 0. The fourth-order valence-corrected chi connectivity index (χ4v) is 1.01. The molecule has 1 aliphatic carbocycles. The van der Waals surface area contributed by atoms with Crippen LogP contribution in [-0.4, -0.2) is 0 Å². The van der Waals surface area contributed by atoms with Crippen LogP contribution in [0, 0.1) is 0 Å². The second-order valence-corrected chi connectivity index (χ2v) is 2.63. The molecule has 0 heterocycles. The molecule has 0 radical (unpaired) electrons. The molecular weight excluding hydrogens is 132 g/mol. The highest BCUT2D eigenvalue weighted by Gasteiger charge is 1.82. The van der Waals surface area contributed by atoms with Crippen molar-refractivity contribution in [2.24, 2.45) is 0 Å². The summed E-state index contributed by atoms with van der Waals surface area (Å²) >= 11 is 0. The summed E-state index contributed by atoms with van der Waals surface area (Å²) in [4.78, 5) is 0. The Morgan fingerprint density at radius 1 is 0.909 bits per heavy atom. The van der Waals surface area contributed by atoms with Gasteiger partial charge in [-0.2, -0.15) is 0 Å². The van der Waals surface area contributed by atoms with Crippen molar-refractivity contribution in [1.82, 2.24) is 0 Å². The first kappa shape index (κ1) is 8.10. The Labute approximate surface area is 68.6 Å². The Balaban J connectivity index is 2.49.